The van der Waals surface area contributed by atoms with Gasteiger partial charge in [0.05, 0.1) is 0 Å². The number of rotatable bonds is 3. The molecule has 0 fully saturated rings. The second kappa shape index (κ2) is 5.86. The highest BCUT2D eigenvalue weighted by Crippen LogP contribution is 2.28. The molecule has 0 amide bonds. The lowest BCUT2D eigenvalue weighted by Crippen LogP contribution is -2.10. The molecule has 0 saturated carbocycles. The Labute approximate surface area is 145 Å². The Morgan fingerprint density at radius 2 is 1.52 bits per heavy atom. The molecule has 4 aromatic rings. The van der Waals surface area contributed by atoms with Gasteiger partial charge in [0.25, 0.3) is 0 Å². The van der Waals surface area contributed by atoms with E-state index in [0.29, 0.717) is 5.52 Å². The summed E-state index contributed by atoms with van der Waals surface area (Å²) in [6.07, 6.45) is 0. The second-order valence-corrected chi connectivity index (χ2v) is 7.37. The maximum Gasteiger partial charge on any atom is 0.339 e. The smallest absolute Gasteiger partial charge is 0.339 e. The van der Waals surface area contributed by atoms with Gasteiger partial charge in [-0.25, -0.2) is 4.98 Å². The van der Waals surface area contributed by atoms with Crippen molar-refractivity contribution in [1.29, 1.82) is 0 Å². The van der Waals surface area contributed by atoms with Gasteiger partial charge in [0.1, 0.15) is 10.4 Å². The Hall–Kier alpha value is -2.92. The Balaban J connectivity index is 1.79. The van der Waals surface area contributed by atoms with E-state index in [-0.39, 0.29) is 10.6 Å². The Morgan fingerprint density at radius 3 is 2.36 bits per heavy atom. The lowest BCUT2D eigenvalue weighted by molar-refractivity contribution is 0.488. The van der Waals surface area contributed by atoms with Crippen LogP contribution in [0.25, 0.3) is 21.7 Å². The van der Waals surface area contributed by atoms with Crippen LogP contribution in [0.5, 0.6) is 5.75 Å². The van der Waals surface area contributed by atoms with Crippen LogP contribution in [0.4, 0.5) is 0 Å². The van der Waals surface area contributed by atoms with Crippen molar-refractivity contribution in [3.8, 4) is 5.75 Å². The highest BCUT2D eigenvalue weighted by Gasteiger charge is 2.19. The predicted molar refractivity (Wildman–Crippen MR) is 98.2 cm³/mol. The number of para-hydroxylation sites is 1. The van der Waals surface area contributed by atoms with Gasteiger partial charge in [-0.2, -0.15) is 8.42 Å². The number of pyridine rings is 1. The molecule has 0 radical (unpaired) electrons. The van der Waals surface area contributed by atoms with E-state index in [4.69, 9.17) is 4.18 Å². The maximum atomic E-state index is 12.7. The van der Waals surface area contributed by atoms with Crippen LogP contribution in [0.2, 0.25) is 0 Å². The van der Waals surface area contributed by atoms with Gasteiger partial charge in [-0.1, -0.05) is 48.5 Å². The van der Waals surface area contributed by atoms with Gasteiger partial charge in [0.2, 0.25) is 0 Å². The fourth-order valence-electron chi connectivity index (χ4n) is 2.77. The molecule has 1 aromatic heterocycles. The van der Waals surface area contributed by atoms with Gasteiger partial charge in [-0.3, -0.25) is 0 Å². The predicted octanol–water partition coefficient (Wildman–Crippen LogP) is 4.46. The van der Waals surface area contributed by atoms with Gasteiger partial charge >= 0.3 is 10.1 Å². The third-order valence-corrected chi connectivity index (χ3v) is 5.26. The number of aryl methyl sites for hydroxylation is 1. The zero-order valence-electron chi connectivity index (χ0n) is 13.5. The highest BCUT2D eigenvalue weighted by molar-refractivity contribution is 7.87. The summed E-state index contributed by atoms with van der Waals surface area (Å²) in [4.78, 5) is 4.54. The lowest BCUT2D eigenvalue weighted by Gasteiger charge is -2.10. The minimum atomic E-state index is -3.95. The van der Waals surface area contributed by atoms with Crippen molar-refractivity contribution in [2.45, 2.75) is 11.8 Å². The van der Waals surface area contributed by atoms with Crippen LogP contribution in [0.3, 0.4) is 0 Å². The molecular weight excluding hydrogens is 334 g/mol. The first-order valence-electron chi connectivity index (χ1n) is 7.83. The molecule has 0 unspecified atom stereocenters. The summed E-state index contributed by atoms with van der Waals surface area (Å²) in [5.74, 6) is 0.231. The van der Waals surface area contributed by atoms with Crippen molar-refractivity contribution in [2.24, 2.45) is 0 Å². The van der Waals surface area contributed by atoms with Crippen molar-refractivity contribution < 1.29 is 12.6 Å². The topological polar surface area (TPSA) is 56.3 Å². The van der Waals surface area contributed by atoms with E-state index >= 15 is 0 Å². The summed E-state index contributed by atoms with van der Waals surface area (Å²) in [6.45, 7) is 1.86. The molecule has 5 heteroatoms. The molecule has 1 heterocycles. The normalized spacial score (nSPS) is 11.7. The standard InChI is InChI=1S/C20H15NO3S/c1-14-9-10-16-7-4-8-19(20(16)21-14)24-25(22,23)18-12-11-15-5-2-3-6-17(15)13-18/h2-13H,1H3. The number of hydrogen-bond acceptors (Lipinski definition) is 4. The van der Waals surface area contributed by atoms with Gasteiger partial charge < -0.3 is 4.18 Å². The first-order chi connectivity index (χ1) is 12.0. The van der Waals surface area contributed by atoms with Crippen LogP contribution in [0.1, 0.15) is 5.69 Å². The first kappa shape index (κ1) is 15.6. The average Bonchev–Trinajstić information content (AvgIpc) is 2.61. The van der Waals surface area contributed by atoms with Crippen molar-refractivity contribution in [3.05, 3.63) is 78.5 Å². The van der Waals surface area contributed by atoms with E-state index in [1.54, 1.807) is 30.3 Å². The fraction of sp³-hybridized carbons (Fsp3) is 0.0500. The van der Waals surface area contributed by atoms with E-state index in [1.165, 1.54) is 0 Å². The first-order valence-corrected chi connectivity index (χ1v) is 9.23. The van der Waals surface area contributed by atoms with Gasteiger partial charge in [0.15, 0.2) is 5.75 Å². The van der Waals surface area contributed by atoms with Crippen LogP contribution in [0, 0.1) is 6.92 Å². The summed E-state index contributed by atoms with van der Waals surface area (Å²) >= 11 is 0. The molecule has 0 spiro atoms. The van der Waals surface area contributed by atoms with Crippen LogP contribution in [0.15, 0.2) is 77.7 Å². The summed E-state index contributed by atoms with van der Waals surface area (Å²) in [6, 6.07) is 21.6. The van der Waals surface area contributed by atoms with Crippen LogP contribution in [-0.2, 0) is 10.1 Å². The van der Waals surface area contributed by atoms with Crippen molar-refractivity contribution in [3.63, 3.8) is 0 Å². The third kappa shape index (κ3) is 2.94. The number of benzene rings is 3. The van der Waals surface area contributed by atoms with E-state index in [0.717, 1.165) is 21.9 Å². The molecule has 0 aliphatic heterocycles. The molecule has 124 valence electrons. The van der Waals surface area contributed by atoms with Crippen LogP contribution in [-0.4, -0.2) is 13.4 Å². The molecule has 0 atom stereocenters. The Kier molecular flexibility index (Phi) is 3.66. The van der Waals surface area contributed by atoms with Crippen LogP contribution >= 0.6 is 0 Å². The SMILES string of the molecule is Cc1ccc2cccc(OS(=O)(=O)c3ccc4ccccc4c3)c2n1. The Morgan fingerprint density at radius 1 is 0.800 bits per heavy atom. The lowest BCUT2D eigenvalue weighted by atomic mass is 10.1. The number of fused-ring (bicyclic) bond motifs is 2. The van der Waals surface area contributed by atoms with E-state index in [9.17, 15) is 8.42 Å². The number of hydrogen-bond donors (Lipinski definition) is 0. The second-order valence-electron chi connectivity index (χ2n) is 5.83. The monoisotopic (exact) mass is 349 g/mol. The molecular formula is C20H15NO3S. The molecule has 25 heavy (non-hydrogen) atoms. The van der Waals surface area contributed by atoms with Crippen molar-refractivity contribution in [2.75, 3.05) is 0 Å². The molecule has 4 rings (SSSR count). The van der Waals surface area contributed by atoms with Gasteiger partial charge in [0, 0.05) is 11.1 Å². The minimum Gasteiger partial charge on any atom is -0.377 e. The molecule has 4 nitrogen and oxygen atoms in total. The quantitative estimate of drug-likeness (QED) is 0.512. The maximum absolute atomic E-state index is 12.7. The van der Waals surface area contributed by atoms with Gasteiger partial charge in [-0.15, -0.1) is 0 Å². The number of aromatic nitrogens is 1. The van der Waals surface area contributed by atoms with Gasteiger partial charge in [-0.05, 0) is 42.0 Å². The summed E-state index contributed by atoms with van der Waals surface area (Å²) < 4.78 is 30.9. The summed E-state index contributed by atoms with van der Waals surface area (Å²) in [7, 11) is -3.95. The summed E-state index contributed by atoms with van der Waals surface area (Å²) in [5.41, 5.74) is 1.33. The third-order valence-electron chi connectivity index (χ3n) is 4.03. The zero-order valence-corrected chi connectivity index (χ0v) is 14.3. The largest absolute Gasteiger partial charge is 0.377 e. The van der Waals surface area contributed by atoms with E-state index < -0.39 is 10.1 Å². The molecule has 0 N–H and O–H groups in total. The van der Waals surface area contributed by atoms with Crippen LogP contribution < -0.4 is 4.18 Å². The van der Waals surface area contributed by atoms with E-state index in [1.807, 2.05) is 49.4 Å². The molecule has 0 bridgehead atoms. The zero-order chi connectivity index (χ0) is 17.4. The van der Waals surface area contributed by atoms with Crippen molar-refractivity contribution >= 4 is 31.8 Å². The molecule has 0 aliphatic rings. The molecule has 0 saturated heterocycles. The Bertz CT molecular complexity index is 1200. The fourth-order valence-corrected chi connectivity index (χ4v) is 3.75. The molecule has 0 aliphatic carbocycles. The average molecular weight is 349 g/mol. The number of nitrogens with zero attached hydrogens (tertiary/aromatic N) is 1. The highest BCUT2D eigenvalue weighted by atomic mass is 32.2. The minimum absolute atomic E-state index is 0.121. The van der Waals surface area contributed by atoms with Crippen molar-refractivity contribution in [1.82, 2.24) is 4.98 Å². The van der Waals surface area contributed by atoms with E-state index in [2.05, 4.69) is 4.98 Å². The summed E-state index contributed by atoms with van der Waals surface area (Å²) in [5, 5.41) is 2.65. The molecule has 3 aromatic carbocycles.